The maximum atomic E-state index is 12.1. The van der Waals surface area contributed by atoms with Gasteiger partial charge in [-0.25, -0.2) is 0 Å². The van der Waals surface area contributed by atoms with Crippen LogP contribution in [0, 0.1) is 10.8 Å². The van der Waals surface area contributed by atoms with Crippen LogP contribution in [0.15, 0.2) is 0 Å². The first-order valence-electron chi connectivity index (χ1n) is 6.65. The summed E-state index contributed by atoms with van der Waals surface area (Å²) in [7, 11) is 0. The van der Waals surface area contributed by atoms with Crippen molar-refractivity contribution in [3.05, 3.63) is 0 Å². The van der Waals surface area contributed by atoms with E-state index < -0.39 is 0 Å². The lowest BCUT2D eigenvalue weighted by atomic mass is 9.68. The predicted octanol–water partition coefficient (Wildman–Crippen LogP) is 1.81. The Balaban J connectivity index is 1.79. The zero-order valence-corrected chi connectivity index (χ0v) is 10.3. The molecule has 92 valence electrons. The van der Waals surface area contributed by atoms with Gasteiger partial charge in [0.1, 0.15) is 0 Å². The topological polar surface area (TPSA) is 55.1 Å². The number of nitrogens with two attached hydrogens (primary N) is 1. The molecule has 2 aliphatic carbocycles. The van der Waals surface area contributed by atoms with Crippen LogP contribution in [0.5, 0.6) is 0 Å². The van der Waals surface area contributed by atoms with Crippen LogP contribution in [0.2, 0.25) is 0 Å². The molecule has 0 saturated heterocycles. The molecular weight excluding hydrogens is 200 g/mol. The van der Waals surface area contributed by atoms with Gasteiger partial charge in [-0.3, -0.25) is 4.79 Å². The normalized spacial score (nSPS) is 24.6. The molecule has 3 heteroatoms. The van der Waals surface area contributed by atoms with E-state index in [1.807, 2.05) is 0 Å². The molecule has 0 spiro atoms. The van der Waals surface area contributed by atoms with Gasteiger partial charge in [0.15, 0.2) is 0 Å². The Morgan fingerprint density at radius 2 is 2.00 bits per heavy atom. The van der Waals surface area contributed by atoms with Crippen LogP contribution in [0.1, 0.15) is 51.9 Å². The van der Waals surface area contributed by atoms with E-state index in [2.05, 4.69) is 12.2 Å². The second-order valence-electron chi connectivity index (χ2n) is 5.77. The lowest BCUT2D eigenvalue weighted by Crippen LogP contribution is -2.51. The Morgan fingerprint density at radius 1 is 1.31 bits per heavy atom. The van der Waals surface area contributed by atoms with Gasteiger partial charge in [-0.2, -0.15) is 0 Å². The van der Waals surface area contributed by atoms with E-state index in [9.17, 15) is 4.79 Å². The number of carbonyl (C=O) groups is 1. The summed E-state index contributed by atoms with van der Waals surface area (Å²) in [6.45, 7) is 3.61. The fourth-order valence-corrected chi connectivity index (χ4v) is 2.80. The minimum atomic E-state index is -0.206. The molecule has 0 radical (unpaired) electrons. The average molecular weight is 224 g/mol. The van der Waals surface area contributed by atoms with E-state index in [-0.39, 0.29) is 11.3 Å². The molecule has 2 aliphatic rings. The highest BCUT2D eigenvalue weighted by Gasteiger charge is 2.46. The third-order valence-corrected chi connectivity index (χ3v) is 4.54. The minimum Gasteiger partial charge on any atom is -0.355 e. The zero-order valence-electron chi connectivity index (χ0n) is 10.3. The molecule has 3 nitrogen and oxygen atoms in total. The number of amides is 1. The molecule has 16 heavy (non-hydrogen) atoms. The van der Waals surface area contributed by atoms with Gasteiger partial charge < -0.3 is 11.1 Å². The molecule has 2 rings (SSSR count). The van der Waals surface area contributed by atoms with Gasteiger partial charge >= 0.3 is 0 Å². The van der Waals surface area contributed by atoms with E-state index in [0.29, 0.717) is 12.0 Å². The molecule has 0 aromatic carbocycles. The Morgan fingerprint density at radius 3 is 2.38 bits per heavy atom. The first-order chi connectivity index (χ1) is 7.66. The minimum absolute atomic E-state index is 0.206. The van der Waals surface area contributed by atoms with Crippen molar-refractivity contribution < 1.29 is 4.79 Å². The summed E-state index contributed by atoms with van der Waals surface area (Å²) in [5, 5.41) is 3.14. The quantitative estimate of drug-likeness (QED) is 0.723. The van der Waals surface area contributed by atoms with Crippen LogP contribution in [0.3, 0.4) is 0 Å². The molecular formula is C13H24N2O. The lowest BCUT2D eigenvalue weighted by Gasteiger charge is -2.39. The first-order valence-corrected chi connectivity index (χ1v) is 6.65. The van der Waals surface area contributed by atoms with Crippen molar-refractivity contribution in [3.8, 4) is 0 Å². The molecule has 0 bridgehead atoms. The summed E-state index contributed by atoms with van der Waals surface area (Å²) >= 11 is 0. The van der Waals surface area contributed by atoms with Crippen molar-refractivity contribution in [2.24, 2.45) is 16.6 Å². The molecule has 0 aromatic rings. The first kappa shape index (κ1) is 11.9. The van der Waals surface area contributed by atoms with E-state index >= 15 is 0 Å². The summed E-state index contributed by atoms with van der Waals surface area (Å²) in [6, 6.07) is 0. The van der Waals surface area contributed by atoms with Gasteiger partial charge in [-0.05, 0) is 37.5 Å². The Bertz CT molecular complexity index is 262. The molecule has 0 unspecified atom stereocenters. The third-order valence-electron chi connectivity index (χ3n) is 4.54. The highest BCUT2D eigenvalue weighted by atomic mass is 16.2. The molecule has 0 atom stereocenters. The second-order valence-corrected chi connectivity index (χ2v) is 5.77. The number of rotatable bonds is 6. The van der Waals surface area contributed by atoms with Crippen molar-refractivity contribution in [2.45, 2.75) is 51.9 Å². The van der Waals surface area contributed by atoms with E-state index in [1.165, 1.54) is 25.7 Å². The Hall–Kier alpha value is -0.570. The van der Waals surface area contributed by atoms with Gasteiger partial charge in [-0.15, -0.1) is 0 Å². The standard InChI is InChI=1S/C13H24N2O/c1-2-4-12(7-8-12)10-15-11(16)13(9-14)5-3-6-13/h2-10,14H2,1H3,(H,15,16). The molecule has 2 saturated carbocycles. The van der Waals surface area contributed by atoms with Gasteiger partial charge in [0.2, 0.25) is 5.91 Å². The van der Waals surface area contributed by atoms with Crippen molar-refractivity contribution in [2.75, 3.05) is 13.1 Å². The summed E-state index contributed by atoms with van der Waals surface area (Å²) in [5.41, 5.74) is 5.96. The Labute approximate surface area is 98.2 Å². The van der Waals surface area contributed by atoms with Crippen LogP contribution in [0.4, 0.5) is 0 Å². The van der Waals surface area contributed by atoms with Crippen LogP contribution < -0.4 is 11.1 Å². The molecule has 0 aliphatic heterocycles. The average Bonchev–Trinajstić information content (AvgIpc) is 2.95. The van der Waals surface area contributed by atoms with Gasteiger partial charge in [0.25, 0.3) is 0 Å². The van der Waals surface area contributed by atoms with Crippen LogP contribution in [-0.4, -0.2) is 19.0 Å². The van der Waals surface area contributed by atoms with E-state index in [1.54, 1.807) is 0 Å². The van der Waals surface area contributed by atoms with Crippen LogP contribution in [-0.2, 0) is 4.79 Å². The summed E-state index contributed by atoms with van der Waals surface area (Å²) in [6.07, 6.45) is 8.17. The zero-order chi connectivity index (χ0) is 11.6. The SMILES string of the molecule is CCCC1(CNC(=O)C2(CN)CCC2)CC1. The second kappa shape index (κ2) is 4.36. The van der Waals surface area contributed by atoms with Crippen molar-refractivity contribution >= 4 is 5.91 Å². The highest BCUT2D eigenvalue weighted by Crippen LogP contribution is 2.49. The van der Waals surface area contributed by atoms with E-state index in [0.717, 1.165) is 25.8 Å². The maximum Gasteiger partial charge on any atom is 0.227 e. The van der Waals surface area contributed by atoms with Crippen molar-refractivity contribution in [1.82, 2.24) is 5.32 Å². The monoisotopic (exact) mass is 224 g/mol. The number of nitrogens with one attached hydrogen (secondary N) is 1. The number of hydrogen-bond acceptors (Lipinski definition) is 2. The molecule has 3 N–H and O–H groups in total. The predicted molar refractivity (Wildman–Crippen MR) is 64.9 cm³/mol. The molecule has 0 aromatic heterocycles. The summed E-state index contributed by atoms with van der Waals surface area (Å²) in [4.78, 5) is 12.1. The third kappa shape index (κ3) is 2.10. The molecule has 1 amide bonds. The Kier molecular flexibility index (Phi) is 3.24. The van der Waals surface area contributed by atoms with Gasteiger partial charge in [-0.1, -0.05) is 19.8 Å². The number of carbonyl (C=O) groups excluding carboxylic acids is 1. The fraction of sp³-hybridized carbons (Fsp3) is 0.923. The largest absolute Gasteiger partial charge is 0.355 e. The molecule has 2 fully saturated rings. The molecule has 0 heterocycles. The van der Waals surface area contributed by atoms with Crippen molar-refractivity contribution in [3.63, 3.8) is 0 Å². The van der Waals surface area contributed by atoms with Crippen molar-refractivity contribution in [1.29, 1.82) is 0 Å². The highest BCUT2D eigenvalue weighted by molar-refractivity contribution is 5.83. The maximum absolute atomic E-state index is 12.1. The van der Waals surface area contributed by atoms with Crippen LogP contribution >= 0.6 is 0 Å². The van der Waals surface area contributed by atoms with E-state index in [4.69, 9.17) is 5.73 Å². The lowest BCUT2D eigenvalue weighted by molar-refractivity contribution is -0.135. The van der Waals surface area contributed by atoms with Gasteiger partial charge in [0, 0.05) is 13.1 Å². The summed E-state index contributed by atoms with van der Waals surface area (Å²) in [5.74, 6) is 0.212. The smallest absolute Gasteiger partial charge is 0.227 e. The summed E-state index contributed by atoms with van der Waals surface area (Å²) < 4.78 is 0. The van der Waals surface area contributed by atoms with Crippen LogP contribution in [0.25, 0.3) is 0 Å². The van der Waals surface area contributed by atoms with Gasteiger partial charge in [0.05, 0.1) is 5.41 Å². The number of hydrogen-bond donors (Lipinski definition) is 2. The fourth-order valence-electron chi connectivity index (χ4n) is 2.80.